The van der Waals surface area contributed by atoms with Gasteiger partial charge in [-0.2, -0.15) is 54.1 Å². The highest BCUT2D eigenvalue weighted by molar-refractivity contribution is 7.86. The molecule has 0 aliphatic carbocycles. The Bertz CT molecular complexity index is 4170. The van der Waals surface area contributed by atoms with Crippen LogP contribution in [0.25, 0.3) is 32.7 Å². The molecule has 0 aliphatic rings. The first-order chi connectivity index (χ1) is 36.5. The number of phenolic OH excluding ortho intramolecular Hbond substituents is 2. The van der Waals surface area contributed by atoms with Crippen LogP contribution in [0.4, 0.5) is 68.2 Å². The third kappa shape index (κ3) is 11.3. The summed E-state index contributed by atoms with van der Waals surface area (Å²) in [4.78, 5) is 16.6. The SMILES string of the molecule is Nc1c(N=Nc2ccc([N+](=O)[O-])cc2)c(S(=O)(=O)O)cc2cc(S(=O)(=O)O)c(N=Nc3ccc(-c4ccc(N=Nc5c(S(=O)(=O)O)cc6cc(S(=O)(=O)O)c(N=Nc7ccc([N+](=O)[O-])cc7)c(N)c6c5O)cc4)cc3)c(O)c12. The van der Waals surface area contributed by atoms with Crippen molar-refractivity contribution in [3.05, 3.63) is 142 Å². The number of benzene rings is 8. The molecular formula is C44H30N12O18S4. The standard InChI is InChI=1S/C44H30N12O18S4/c45-37-35-23(17-31(75(63,64)65)39(37)51-47-27-9-13-29(14-10-27)55(59)60)19-33(77(69,70)71)41(43(35)57)53-49-25-5-1-21(2-6-25)22-3-7-26(8-4-22)50-54-42-34(78(72,73)74)20-24-18-32(76(66,67)68)40(38(46)36(24)44(42)58)52-48-28-11-15-30(16-12-28)56(61)62/h1-20,57-58H,45-46H2,(H,63,64,65)(H,66,67,68)(H,69,70,71)(H,72,73,74). The molecule has 0 aromatic heterocycles. The second-order valence-electron chi connectivity index (χ2n) is 16.0. The highest BCUT2D eigenvalue weighted by Gasteiger charge is 2.30. The molecule has 0 bridgehead atoms. The van der Waals surface area contributed by atoms with Gasteiger partial charge in [0, 0.05) is 24.3 Å². The summed E-state index contributed by atoms with van der Waals surface area (Å²) >= 11 is 0. The highest BCUT2D eigenvalue weighted by Crippen LogP contribution is 2.50. The van der Waals surface area contributed by atoms with Gasteiger partial charge in [0.15, 0.2) is 11.5 Å². The van der Waals surface area contributed by atoms with Gasteiger partial charge in [-0.05, 0) is 94.7 Å². The molecule has 0 aliphatic heterocycles. The Hall–Kier alpha value is -9.68. The zero-order valence-electron chi connectivity index (χ0n) is 38.4. The fourth-order valence-electron chi connectivity index (χ4n) is 7.36. The lowest BCUT2D eigenvalue weighted by Gasteiger charge is -2.14. The number of nitrogens with two attached hydrogens (primary N) is 2. The molecule has 10 N–H and O–H groups in total. The van der Waals surface area contributed by atoms with Crippen molar-refractivity contribution in [1.29, 1.82) is 0 Å². The van der Waals surface area contributed by atoms with Crippen LogP contribution in [0.5, 0.6) is 11.5 Å². The Kier molecular flexibility index (Phi) is 14.3. The molecule has 8 rings (SSSR count). The summed E-state index contributed by atoms with van der Waals surface area (Å²) in [5.74, 6) is -2.08. The fraction of sp³-hybridized carbons (Fsp3) is 0. The number of non-ortho nitro benzene ring substituents is 2. The molecule has 34 heteroatoms. The second-order valence-corrected chi connectivity index (χ2v) is 21.5. The van der Waals surface area contributed by atoms with Gasteiger partial charge in [0.05, 0.1) is 54.7 Å². The number of aromatic hydroxyl groups is 2. The predicted molar refractivity (Wildman–Crippen MR) is 274 cm³/mol. The van der Waals surface area contributed by atoms with E-state index in [4.69, 9.17) is 11.5 Å². The molecule has 30 nitrogen and oxygen atoms in total. The van der Waals surface area contributed by atoms with Crippen molar-refractivity contribution in [2.45, 2.75) is 19.6 Å². The third-order valence-electron chi connectivity index (χ3n) is 11.0. The quantitative estimate of drug-likeness (QED) is 0.0155. The number of hydrogen-bond donors (Lipinski definition) is 8. The van der Waals surface area contributed by atoms with Gasteiger partial charge in [-0.15, -0.1) is 20.5 Å². The van der Waals surface area contributed by atoms with Gasteiger partial charge in [-0.25, -0.2) is 0 Å². The number of hydrogen-bond acceptors (Lipinski definition) is 24. The Balaban J connectivity index is 1.09. The van der Waals surface area contributed by atoms with Gasteiger partial charge < -0.3 is 21.7 Å². The molecule has 0 radical (unpaired) electrons. The third-order valence-corrected chi connectivity index (χ3v) is 14.5. The number of nitro benzene ring substituents is 2. The smallest absolute Gasteiger partial charge is 0.296 e. The lowest BCUT2D eigenvalue weighted by atomic mass is 10.0. The van der Waals surface area contributed by atoms with Crippen molar-refractivity contribution >= 4 is 130 Å². The van der Waals surface area contributed by atoms with Gasteiger partial charge in [0.25, 0.3) is 51.8 Å². The minimum Gasteiger partial charge on any atom is -0.505 e. The Morgan fingerprint density at radius 3 is 0.846 bits per heavy atom. The number of rotatable bonds is 15. The maximum atomic E-state index is 12.6. The van der Waals surface area contributed by atoms with E-state index in [-0.39, 0.29) is 34.1 Å². The second kappa shape index (κ2) is 20.5. The number of fused-ring (bicyclic) bond motifs is 2. The van der Waals surface area contributed by atoms with E-state index in [1.54, 1.807) is 0 Å². The van der Waals surface area contributed by atoms with Crippen LogP contribution in [0.2, 0.25) is 0 Å². The molecule has 0 unspecified atom stereocenters. The Labute approximate surface area is 436 Å². The van der Waals surface area contributed by atoms with Crippen LogP contribution in [-0.2, 0) is 40.5 Å². The summed E-state index contributed by atoms with van der Waals surface area (Å²) in [6.07, 6.45) is 0. The molecule has 0 atom stereocenters. The number of nitrogens with zero attached hydrogens (tertiary/aromatic N) is 10. The normalized spacial score (nSPS) is 12.7. The van der Waals surface area contributed by atoms with E-state index in [1.165, 1.54) is 48.5 Å². The fourth-order valence-corrected chi connectivity index (χ4v) is 10.0. The minimum atomic E-state index is -5.26. The first kappa shape index (κ1) is 54.6. The zero-order chi connectivity index (χ0) is 56.8. The minimum absolute atomic E-state index is 0.0355. The molecule has 0 saturated heterocycles. The van der Waals surface area contributed by atoms with Crippen molar-refractivity contribution in [1.82, 2.24) is 0 Å². The molecule has 0 spiro atoms. The summed E-state index contributed by atoms with van der Waals surface area (Å²) in [6.45, 7) is 0. The van der Waals surface area contributed by atoms with Gasteiger partial charge in [-0.1, -0.05) is 24.3 Å². The highest BCUT2D eigenvalue weighted by atomic mass is 32.2. The molecule has 78 heavy (non-hydrogen) atoms. The first-order valence-corrected chi connectivity index (χ1v) is 26.8. The number of phenols is 2. The molecule has 0 saturated carbocycles. The van der Waals surface area contributed by atoms with Crippen molar-refractivity contribution < 1.29 is 71.9 Å². The van der Waals surface area contributed by atoms with E-state index in [0.717, 1.165) is 48.5 Å². The average molecular weight is 1140 g/mol. The topological polar surface area (TPSA) is 495 Å². The summed E-state index contributed by atoms with van der Waals surface area (Å²) in [7, 11) is -20.9. The van der Waals surface area contributed by atoms with E-state index < -0.39 is 137 Å². The van der Waals surface area contributed by atoms with Gasteiger partial charge >= 0.3 is 0 Å². The van der Waals surface area contributed by atoms with Crippen molar-refractivity contribution in [2.24, 2.45) is 40.9 Å². The monoisotopic (exact) mass is 1140 g/mol. The summed E-state index contributed by atoms with van der Waals surface area (Å²) in [5.41, 5.74) is 8.37. The van der Waals surface area contributed by atoms with E-state index in [1.807, 2.05) is 0 Å². The molecular weight excluding hydrogens is 1110 g/mol. The van der Waals surface area contributed by atoms with E-state index >= 15 is 0 Å². The van der Waals surface area contributed by atoms with Crippen LogP contribution in [0.3, 0.4) is 0 Å². The van der Waals surface area contributed by atoms with Crippen LogP contribution < -0.4 is 11.5 Å². The van der Waals surface area contributed by atoms with Gasteiger partial charge in [-0.3, -0.25) is 38.4 Å². The van der Waals surface area contributed by atoms with Gasteiger partial charge in [0.2, 0.25) is 0 Å². The van der Waals surface area contributed by atoms with Crippen molar-refractivity contribution in [3.8, 4) is 22.6 Å². The van der Waals surface area contributed by atoms with Gasteiger partial charge in [0.1, 0.15) is 42.3 Å². The number of azo groups is 4. The molecule has 8 aromatic carbocycles. The lowest BCUT2D eigenvalue weighted by molar-refractivity contribution is -0.385. The average Bonchev–Trinajstić information content (AvgIpc) is 3.47. The molecule has 398 valence electrons. The van der Waals surface area contributed by atoms with E-state index in [2.05, 4.69) is 40.9 Å². The summed E-state index contributed by atoms with van der Waals surface area (Å²) in [6, 6.07) is 23.4. The predicted octanol–water partition coefficient (Wildman–Crippen LogP) is 10.7. The Morgan fingerprint density at radius 1 is 0.372 bits per heavy atom. The molecule has 0 amide bonds. The number of anilines is 2. The van der Waals surface area contributed by atoms with E-state index in [9.17, 15) is 82.3 Å². The van der Waals surface area contributed by atoms with Crippen LogP contribution in [0.15, 0.2) is 182 Å². The largest absolute Gasteiger partial charge is 0.505 e. The molecule has 0 heterocycles. The molecule has 8 aromatic rings. The Morgan fingerprint density at radius 2 is 0.603 bits per heavy atom. The maximum absolute atomic E-state index is 12.6. The van der Waals surface area contributed by atoms with Crippen LogP contribution in [-0.4, -0.2) is 71.9 Å². The van der Waals surface area contributed by atoms with Crippen molar-refractivity contribution in [3.63, 3.8) is 0 Å². The van der Waals surface area contributed by atoms with Crippen LogP contribution >= 0.6 is 0 Å². The lowest BCUT2D eigenvalue weighted by Crippen LogP contribution is -2.03. The van der Waals surface area contributed by atoms with Crippen LogP contribution in [0, 0.1) is 20.2 Å². The molecule has 0 fully saturated rings. The number of nitro groups is 2. The zero-order valence-corrected chi connectivity index (χ0v) is 41.7. The van der Waals surface area contributed by atoms with E-state index in [0.29, 0.717) is 35.4 Å². The van der Waals surface area contributed by atoms with Crippen molar-refractivity contribution in [2.75, 3.05) is 11.5 Å². The first-order valence-electron chi connectivity index (χ1n) is 21.0. The summed E-state index contributed by atoms with van der Waals surface area (Å²) in [5, 5.41) is 73.9. The maximum Gasteiger partial charge on any atom is 0.296 e. The summed E-state index contributed by atoms with van der Waals surface area (Å²) < 4.78 is 140. The number of nitrogen functional groups attached to an aromatic ring is 2. The van der Waals surface area contributed by atoms with Crippen LogP contribution in [0.1, 0.15) is 0 Å².